The largest absolute Gasteiger partial charge is 0.455 e. The molecule has 1 aliphatic heterocycles. The van der Waals surface area contributed by atoms with Crippen LogP contribution in [0.2, 0.25) is 0 Å². The summed E-state index contributed by atoms with van der Waals surface area (Å²) in [4.78, 5) is 15.0. The Bertz CT molecular complexity index is 663. The van der Waals surface area contributed by atoms with Gasteiger partial charge in [0.2, 0.25) is 5.60 Å². The number of carbonyl (C=O) groups is 1. The Labute approximate surface area is 147 Å². The van der Waals surface area contributed by atoms with E-state index >= 15 is 0 Å². The Morgan fingerprint density at radius 3 is 2.04 bits per heavy atom. The van der Waals surface area contributed by atoms with E-state index < -0.39 is 17.7 Å². The maximum atomic E-state index is 13.0. The minimum absolute atomic E-state index is 0.0280. The Balaban J connectivity index is 1.94. The molecule has 1 heterocycles. The van der Waals surface area contributed by atoms with Crippen LogP contribution in [0.4, 0.5) is 0 Å². The number of esters is 1. The molecule has 2 atom stereocenters. The highest BCUT2D eigenvalue weighted by molar-refractivity contribution is 5.85. The average Bonchev–Trinajstić information content (AvgIpc) is 3.11. The molecule has 0 aromatic heterocycles. The van der Waals surface area contributed by atoms with E-state index in [1.807, 2.05) is 31.1 Å². The van der Waals surface area contributed by atoms with Gasteiger partial charge in [-0.05, 0) is 25.2 Å². The van der Waals surface area contributed by atoms with Crippen molar-refractivity contribution in [3.05, 3.63) is 71.8 Å². The maximum absolute atomic E-state index is 13.0. The second kappa shape index (κ2) is 7.35. The number of rotatable bonds is 5. The van der Waals surface area contributed by atoms with Gasteiger partial charge in [-0.25, -0.2) is 4.79 Å². The fourth-order valence-corrected chi connectivity index (χ4v) is 3.10. The van der Waals surface area contributed by atoms with Crippen molar-refractivity contribution in [3.8, 4) is 0 Å². The summed E-state index contributed by atoms with van der Waals surface area (Å²) < 4.78 is 11.2. The zero-order valence-corrected chi connectivity index (χ0v) is 14.5. The molecule has 0 bridgehead atoms. The van der Waals surface area contributed by atoms with Crippen LogP contribution in [0.25, 0.3) is 0 Å². The van der Waals surface area contributed by atoms with Crippen LogP contribution in [0.1, 0.15) is 11.1 Å². The van der Waals surface area contributed by atoms with Crippen LogP contribution in [0.15, 0.2) is 60.7 Å². The molecule has 0 aliphatic carbocycles. The van der Waals surface area contributed by atoms with Gasteiger partial charge in [0, 0.05) is 0 Å². The summed E-state index contributed by atoms with van der Waals surface area (Å²) in [6.07, 6.45) is -0.415. The van der Waals surface area contributed by atoms with Crippen molar-refractivity contribution in [2.75, 3.05) is 27.3 Å². The summed E-state index contributed by atoms with van der Waals surface area (Å²) in [6.45, 7) is 0.828. The lowest BCUT2D eigenvalue weighted by molar-refractivity contribution is -0.169. The molecule has 0 spiro atoms. The highest BCUT2D eigenvalue weighted by Gasteiger charge is 2.44. The predicted octanol–water partition coefficient (Wildman–Crippen LogP) is 1.79. The molecule has 5 heteroatoms. The molecular formula is C20H23NO4. The van der Waals surface area contributed by atoms with Crippen molar-refractivity contribution in [2.24, 2.45) is 0 Å². The molecule has 5 nitrogen and oxygen atoms in total. The second-order valence-electron chi connectivity index (χ2n) is 6.45. The number of likely N-dealkylation sites (N-methyl/N-ethyl adjacent to an activating group) is 1. The summed E-state index contributed by atoms with van der Waals surface area (Å²) in [5.41, 5.74) is -0.903. The van der Waals surface area contributed by atoms with Gasteiger partial charge in [-0.3, -0.25) is 0 Å². The van der Waals surface area contributed by atoms with Gasteiger partial charge in [0.25, 0.3) is 0 Å². The molecule has 2 unspecified atom stereocenters. The van der Waals surface area contributed by atoms with Gasteiger partial charge < -0.3 is 19.5 Å². The maximum Gasteiger partial charge on any atom is 0.348 e. The van der Waals surface area contributed by atoms with E-state index in [-0.39, 0.29) is 6.04 Å². The topological polar surface area (TPSA) is 59.0 Å². The van der Waals surface area contributed by atoms with Crippen molar-refractivity contribution < 1.29 is 19.4 Å². The zero-order valence-electron chi connectivity index (χ0n) is 14.5. The van der Waals surface area contributed by atoms with E-state index in [0.29, 0.717) is 24.3 Å². The lowest BCUT2D eigenvalue weighted by Crippen LogP contribution is -2.46. The van der Waals surface area contributed by atoms with Gasteiger partial charge in [-0.1, -0.05) is 60.7 Å². The first kappa shape index (κ1) is 17.6. The number of carbonyl (C=O) groups excluding carboxylic acids is 1. The van der Waals surface area contributed by atoms with Gasteiger partial charge in [-0.2, -0.15) is 0 Å². The Morgan fingerprint density at radius 1 is 1.04 bits per heavy atom. The van der Waals surface area contributed by atoms with E-state index in [9.17, 15) is 9.90 Å². The van der Waals surface area contributed by atoms with E-state index in [0.717, 1.165) is 0 Å². The third kappa shape index (κ3) is 3.44. The average molecular weight is 341 g/mol. The van der Waals surface area contributed by atoms with Crippen LogP contribution in [-0.2, 0) is 19.9 Å². The molecule has 2 aromatic carbocycles. The number of hydrogen-bond donors (Lipinski definition) is 1. The van der Waals surface area contributed by atoms with E-state index in [2.05, 4.69) is 0 Å². The van der Waals surface area contributed by atoms with Gasteiger partial charge in [-0.15, -0.1) is 0 Å². The van der Waals surface area contributed by atoms with Crippen molar-refractivity contribution in [2.45, 2.75) is 17.7 Å². The summed E-state index contributed by atoms with van der Waals surface area (Å²) in [7, 11) is 3.83. The highest BCUT2D eigenvalue weighted by Crippen LogP contribution is 2.32. The third-order valence-corrected chi connectivity index (χ3v) is 4.60. The number of aliphatic hydroxyl groups is 1. The molecule has 1 aliphatic rings. The van der Waals surface area contributed by atoms with Gasteiger partial charge >= 0.3 is 5.97 Å². The molecule has 132 valence electrons. The lowest BCUT2D eigenvalue weighted by Gasteiger charge is -2.31. The van der Waals surface area contributed by atoms with E-state index in [4.69, 9.17) is 9.47 Å². The number of ether oxygens (including phenoxy) is 2. The minimum Gasteiger partial charge on any atom is -0.455 e. The van der Waals surface area contributed by atoms with Crippen molar-refractivity contribution >= 4 is 5.97 Å². The first-order valence-electron chi connectivity index (χ1n) is 8.32. The van der Waals surface area contributed by atoms with Crippen LogP contribution in [0.5, 0.6) is 0 Å². The molecule has 1 saturated heterocycles. The SMILES string of the molecule is CN(C)C1COCC1OC(=O)C(O)(c1ccccc1)c1ccccc1. The summed E-state index contributed by atoms with van der Waals surface area (Å²) in [5, 5.41) is 11.4. The molecule has 25 heavy (non-hydrogen) atoms. The van der Waals surface area contributed by atoms with Gasteiger partial charge in [0.15, 0.2) is 0 Å². The Hall–Kier alpha value is -2.21. The molecule has 0 radical (unpaired) electrons. The third-order valence-electron chi connectivity index (χ3n) is 4.60. The van der Waals surface area contributed by atoms with Crippen molar-refractivity contribution in [1.29, 1.82) is 0 Å². The Kier molecular flexibility index (Phi) is 5.18. The lowest BCUT2D eigenvalue weighted by atomic mass is 9.86. The number of hydrogen-bond acceptors (Lipinski definition) is 5. The Morgan fingerprint density at radius 2 is 1.56 bits per heavy atom. The van der Waals surface area contributed by atoms with Crippen LogP contribution >= 0.6 is 0 Å². The molecular weight excluding hydrogens is 318 g/mol. The van der Waals surface area contributed by atoms with E-state index in [1.165, 1.54) is 0 Å². The molecule has 0 amide bonds. The smallest absolute Gasteiger partial charge is 0.348 e. The van der Waals surface area contributed by atoms with Crippen molar-refractivity contribution in [1.82, 2.24) is 4.90 Å². The van der Waals surface area contributed by atoms with E-state index in [1.54, 1.807) is 48.5 Å². The monoisotopic (exact) mass is 341 g/mol. The molecule has 2 aromatic rings. The van der Waals surface area contributed by atoms with Crippen LogP contribution in [0.3, 0.4) is 0 Å². The van der Waals surface area contributed by atoms with Crippen LogP contribution in [0, 0.1) is 0 Å². The molecule has 1 fully saturated rings. The molecule has 3 rings (SSSR count). The van der Waals surface area contributed by atoms with Gasteiger partial charge in [0.05, 0.1) is 19.3 Å². The number of nitrogens with zero attached hydrogens (tertiary/aromatic N) is 1. The first-order valence-corrected chi connectivity index (χ1v) is 8.32. The number of benzene rings is 2. The normalized spacial score (nSPS) is 20.6. The predicted molar refractivity (Wildman–Crippen MR) is 94.1 cm³/mol. The van der Waals surface area contributed by atoms with Gasteiger partial charge in [0.1, 0.15) is 6.10 Å². The zero-order chi connectivity index (χ0) is 17.9. The highest BCUT2D eigenvalue weighted by atomic mass is 16.6. The minimum atomic E-state index is -1.86. The first-order chi connectivity index (χ1) is 12.0. The quantitative estimate of drug-likeness (QED) is 0.841. The standard InChI is InChI=1S/C20H23NO4/c1-21(2)17-13-24-14-18(17)25-19(22)20(23,15-9-5-3-6-10-15)16-11-7-4-8-12-16/h3-12,17-18,23H,13-14H2,1-2H3. The molecule has 1 N–H and O–H groups in total. The van der Waals surface area contributed by atoms with Crippen LogP contribution in [-0.4, -0.2) is 55.4 Å². The van der Waals surface area contributed by atoms with Crippen LogP contribution < -0.4 is 0 Å². The summed E-state index contributed by atoms with van der Waals surface area (Å²) in [5.74, 6) is -0.688. The summed E-state index contributed by atoms with van der Waals surface area (Å²) >= 11 is 0. The fraction of sp³-hybridized carbons (Fsp3) is 0.350. The fourth-order valence-electron chi connectivity index (χ4n) is 3.10. The molecule has 0 saturated carbocycles. The second-order valence-corrected chi connectivity index (χ2v) is 6.45. The summed E-state index contributed by atoms with van der Waals surface area (Å²) in [6, 6.07) is 17.7. The van der Waals surface area contributed by atoms with Crippen molar-refractivity contribution in [3.63, 3.8) is 0 Å².